The summed E-state index contributed by atoms with van der Waals surface area (Å²) in [5.41, 5.74) is 0. The molecule has 1 unspecified atom stereocenters. The maximum atomic E-state index is 12.5. The zero-order valence-corrected chi connectivity index (χ0v) is 18.5. The number of guanidine groups is 1. The molecule has 3 rings (SSSR count). The SMILES string of the molecule is CCNC(=NCC1(S(C)(=O)=O)CCOCC1)N1CCC(CN2CCCCC2)C1. The lowest BCUT2D eigenvalue weighted by molar-refractivity contribution is 0.0767. The third-order valence-corrected chi connectivity index (χ3v) is 8.70. The molecule has 1 atom stereocenters. The van der Waals surface area contributed by atoms with Gasteiger partial charge in [0.25, 0.3) is 0 Å². The van der Waals surface area contributed by atoms with Crippen molar-refractivity contribution in [1.29, 1.82) is 0 Å². The predicted octanol–water partition coefficient (Wildman–Crippen LogP) is 1.35. The maximum absolute atomic E-state index is 12.5. The maximum Gasteiger partial charge on any atom is 0.193 e. The molecule has 0 amide bonds. The summed E-state index contributed by atoms with van der Waals surface area (Å²) in [5.74, 6) is 1.55. The highest BCUT2D eigenvalue weighted by Gasteiger charge is 2.42. The summed E-state index contributed by atoms with van der Waals surface area (Å²) in [4.78, 5) is 9.76. The van der Waals surface area contributed by atoms with E-state index < -0.39 is 14.6 Å². The Labute approximate surface area is 170 Å². The number of hydrogen-bond acceptors (Lipinski definition) is 5. The number of rotatable bonds is 6. The molecule has 0 spiro atoms. The zero-order chi connectivity index (χ0) is 20.0. The van der Waals surface area contributed by atoms with Crippen LogP contribution in [0.3, 0.4) is 0 Å². The van der Waals surface area contributed by atoms with Gasteiger partial charge in [0.05, 0.1) is 11.3 Å². The summed E-state index contributed by atoms with van der Waals surface area (Å²) in [6.07, 6.45) is 7.64. The van der Waals surface area contributed by atoms with E-state index in [9.17, 15) is 8.42 Å². The van der Waals surface area contributed by atoms with Crippen molar-refractivity contribution >= 4 is 15.8 Å². The fourth-order valence-corrected chi connectivity index (χ4v) is 5.92. The van der Waals surface area contributed by atoms with Crippen LogP contribution in [0.25, 0.3) is 0 Å². The summed E-state index contributed by atoms with van der Waals surface area (Å²) in [6, 6.07) is 0. The van der Waals surface area contributed by atoms with Gasteiger partial charge >= 0.3 is 0 Å². The number of piperidine rings is 1. The van der Waals surface area contributed by atoms with Gasteiger partial charge in [-0.25, -0.2) is 8.42 Å². The van der Waals surface area contributed by atoms with Gasteiger partial charge in [0, 0.05) is 45.6 Å². The molecule has 3 aliphatic heterocycles. The molecule has 0 aromatic heterocycles. The highest BCUT2D eigenvalue weighted by atomic mass is 32.2. The lowest BCUT2D eigenvalue weighted by Crippen LogP contribution is -2.48. The van der Waals surface area contributed by atoms with Gasteiger partial charge in [-0.1, -0.05) is 6.42 Å². The second-order valence-corrected chi connectivity index (χ2v) is 11.1. The van der Waals surface area contributed by atoms with Crippen LogP contribution < -0.4 is 5.32 Å². The highest BCUT2D eigenvalue weighted by molar-refractivity contribution is 7.92. The molecule has 8 heteroatoms. The Balaban J connectivity index is 1.63. The number of nitrogens with one attached hydrogen (secondary N) is 1. The molecule has 3 aliphatic rings. The minimum absolute atomic E-state index is 0.324. The molecule has 7 nitrogen and oxygen atoms in total. The number of hydrogen-bond donors (Lipinski definition) is 1. The van der Waals surface area contributed by atoms with E-state index in [1.807, 2.05) is 0 Å². The topological polar surface area (TPSA) is 74.2 Å². The van der Waals surface area contributed by atoms with Crippen molar-refractivity contribution in [1.82, 2.24) is 15.1 Å². The minimum Gasteiger partial charge on any atom is -0.381 e. The molecule has 0 radical (unpaired) electrons. The number of ether oxygens (including phenoxy) is 1. The summed E-state index contributed by atoms with van der Waals surface area (Å²) >= 11 is 0. The van der Waals surface area contributed by atoms with Crippen molar-refractivity contribution in [2.45, 2.75) is 50.2 Å². The molecular formula is C20H38N4O3S. The average Bonchev–Trinajstić information content (AvgIpc) is 3.14. The summed E-state index contributed by atoms with van der Waals surface area (Å²) in [5, 5.41) is 3.39. The minimum atomic E-state index is -3.19. The lowest BCUT2D eigenvalue weighted by Gasteiger charge is -2.34. The van der Waals surface area contributed by atoms with Crippen LogP contribution in [0.5, 0.6) is 0 Å². The molecule has 3 heterocycles. The molecule has 162 valence electrons. The first-order chi connectivity index (χ1) is 13.4. The van der Waals surface area contributed by atoms with Gasteiger partial charge < -0.3 is 19.9 Å². The number of aliphatic imine (C=N–C) groups is 1. The van der Waals surface area contributed by atoms with Crippen molar-refractivity contribution in [3.8, 4) is 0 Å². The molecule has 0 saturated carbocycles. The third-order valence-electron chi connectivity index (χ3n) is 6.59. The van der Waals surface area contributed by atoms with Crippen LogP contribution in [-0.2, 0) is 14.6 Å². The van der Waals surface area contributed by atoms with E-state index in [-0.39, 0.29) is 0 Å². The monoisotopic (exact) mass is 414 g/mol. The van der Waals surface area contributed by atoms with E-state index in [0.29, 0.717) is 38.5 Å². The Kier molecular flexibility index (Phi) is 7.61. The van der Waals surface area contributed by atoms with Crippen molar-refractivity contribution < 1.29 is 13.2 Å². The second-order valence-electron chi connectivity index (χ2n) is 8.70. The molecule has 3 saturated heterocycles. The Morgan fingerprint density at radius 1 is 1.18 bits per heavy atom. The summed E-state index contributed by atoms with van der Waals surface area (Å²) in [7, 11) is -3.19. The molecule has 0 aromatic carbocycles. The number of sulfone groups is 1. The fourth-order valence-electron chi connectivity index (χ4n) is 4.72. The smallest absolute Gasteiger partial charge is 0.193 e. The van der Waals surface area contributed by atoms with Crippen LogP contribution in [-0.4, -0.2) is 94.2 Å². The van der Waals surface area contributed by atoms with Crippen LogP contribution in [0.1, 0.15) is 45.4 Å². The Morgan fingerprint density at radius 2 is 1.89 bits per heavy atom. The largest absolute Gasteiger partial charge is 0.381 e. The number of nitrogens with zero attached hydrogens (tertiary/aromatic N) is 3. The summed E-state index contributed by atoms with van der Waals surface area (Å²) in [6.45, 7) is 9.86. The molecule has 28 heavy (non-hydrogen) atoms. The Morgan fingerprint density at radius 3 is 2.54 bits per heavy atom. The number of likely N-dealkylation sites (tertiary alicyclic amines) is 2. The van der Waals surface area contributed by atoms with Crippen molar-refractivity contribution in [2.75, 3.05) is 65.3 Å². The average molecular weight is 415 g/mol. The van der Waals surface area contributed by atoms with E-state index in [2.05, 4.69) is 22.0 Å². The normalized spacial score (nSPS) is 27.1. The van der Waals surface area contributed by atoms with Crippen molar-refractivity contribution in [3.05, 3.63) is 0 Å². The van der Waals surface area contributed by atoms with Crippen molar-refractivity contribution in [3.63, 3.8) is 0 Å². The second kappa shape index (κ2) is 9.76. The van der Waals surface area contributed by atoms with Gasteiger partial charge in [-0.15, -0.1) is 0 Å². The van der Waals surface area contributed by atoms with Gasteiger partial charge in [0.2, 0.25) is 0 Å². The van der Waals surface area contributed by atoms with E-state index >= 15 is 0 Å². The fraction of sp³-hybridized carbons (Fsp3) is 0.950. The molecule has 1 N–H and O–H groups in total. The van der Waals surface area contributed by atoms with Crippen LogP contribution in [0.4, 0.5) is 0 Å². The standard InChI is InChI=1S/C20H38N4O3S/c1-3-21-19(22-17-20(28(2,25)26)8-13-27-14-9-20)24-12-7-18(16-24)15-23-10-5-4-6-11-23/h18H,3-17H2,1-2H3,(H,21,22). The van der Waals surface area contributed by atoms with E-state index in [1.165, 1.54) is 51.6 Å². The van der Waals surface area contributed by atoms with Gasteiger partial charge in [0.15, 0.2) is 15.8 Å². The Hall–Kier alpha value is -0.860. The first-order valence-electron chi connectivity index (χ1n) is 11.0. The first-order valence-corrected chi connectivity index (χ1v) is 12.9. The van der Waals surface area contributed by atoms with Gasteiger partial charge in [-0.05, 0) is 58.0 Å². The van der Waals surface area contributed by atoms with E-state index in [1.54, 1.807) is 0 Å². The predicted molar refractivity (Wildman–Crippen MR) is 114 cm³/mol. The van der Waals surface area contributed by atoms with Crippen LogP contribution in [0, 0.1) is 5.92 Å². The van der Waals surface area contributed by atoms with Gasteiger partial charge in [-0.2, -0.15) is 0 Å². The van der Waals surface area contributed by atoms with Crippen LogP contribution in [0.15, 0.2) is 4.99 Å². The van der Waals surface area contributed by atoms with Gasteiger partial charge in [-0.3, -0.25) is 4.99 Å². The van der Waals surface area contributed by atoms with Crippen molar-refractivity contribution in [2.24, 2.45) is 10.9 Å². The molecule has 0 bridgehead atoms. The van der Waals surface area contributed by atoms with Gasteiger partial charge in [0.1, 0.15) is 0 Å². The highest BCUT2D eigenvalue weighted by Crippen LogP contribution is 2.30. The van der Waals surface area contributed by atoms with Crippen LogP contribution in [0.2, 0.25) is 0 Å². The quantitative estimate of drug-likeness (QED) is 0.522. The molecule has 0 aromatic rings. The first kappa shape index (κ1) is 21.8. The third kappa shape index (κ3) is 5.39. The lowest BCUT2D eigenvalue weighted by atomic mass is 9.99. The molecular weight excluding hydrogens is 376 g/mol. The van der Waals surface area contributed by atoms with Crippen LogP contribution >= 0.6 is 0 Å². The molecule has 0 aliphatic carbocycles. The zero-order valence-electron chi connectivity index (χ0n) is 17.7. The summed E-state index contributed by atoms with van der Waals surface area (Å²) < 4.78 is 29.7. The van der Waals surface area contributed by atoms with E-state index in [0.717, 1.165) is 25.6 Å². The Bertz CT molecular complexity index is 625. The van der Waals surface area contributed by atoms with E-state index in [4.69, 9.17) is 9.73 Å². The molecule has 3 fully saturated rings.